The van der Waals surface area contributed by atoms with E-state index < -0.39 is 9.84 Å². The van der Waals surface area contributed by atoms with Crippen molar-refractivity contribution in [3.8, 4) is 0 Å². The van der Waals surface area contributed by atoms with Crippen LogP contribution in [0.15, 0.2) is 41.3 Å². The summed E-state index contributed by atoms with van der Waals surface area (Å²) in [5.74, 6) is -0.00292. The third-order valence-electron chi connectivity index (χ3n) is 1.47. The summed E-state index contributed by atoms with van der Waals surface area (Å²) in [7, 11) is -3.20. The van der Waals surface area contributed by atoms with Crippen molar-refractivity contribution >= 4 is 21.4 Å². The lowest BCUT2D eigenvalue weighted by Crippen LogP contribution is -1.98. The lowest BCUT2D eigenvalue weighted by molar-refractivity contribution is 0.604. The van der Waals surface area contributed by atoms with Crippen molar-refractivity contribution in [2.24, 2.45) is 0 Å². The summed E-state index contributed by atoms with van der Waals surface area (Å²) >= 11 is 5.19. The summed E-state index contributed by atoms with van der Waals surface area (Å²) in [6, 6.07) is 8.97. The predicted molar refractivity (Wildman–Crippen MR) is 54.1 cm³/mol. The van der Waals surface area contributed by atoms with Crippen LogP contribution >= 0.6 is 11.6 Å². The summed E-state index contributed by atoms with van der Waals surface area (Å²) in [6.45, 7) is 0. The lowest BCUT2D eigenvalue weighted by atomic mass is 10.2. The van der Waals surface area contributed by atoms with Crippen molar-refractivity contribution in [1.29, 1.82) is 0 Å². The smallest absolute Gasteiger partial charge is 0.176 e. The lowest BCUT2D eigenvalue weighted by Gasteiger charge is -1.97. The molecule has 70 valence electrons. The fraction of sp³-hybridized carbons (Fsp3) is 0.111. The van der Waals surface area contributed by atoms with E-state index >= 15 is 0 Å². The number of hydrogen-bond acceptors (Lipinski definition) is 2. The monoisotopic (exact) mass is 216 g/mol. The van der Waals surface area contributed by atoms with Gasteiger partial charge in [0.1, 0.15) is 0 Å². The Balaban J connectivity index is 2.82. The van der Waals surface area contributed by atoms with Crippen LogP contribution in [-0.2, 0) is 15.6 Å². The van der Waals surface area contributed by atoms with Crippen LogP contribution in [0.5, 0.6) is 0 Å². The fourth-order valence-corrected chi connectivity index (χ4v) is 2.31. The van der Waals surface area contributed by atoms with E-state index in [0.29, 0.717) is 0 Å². The van der Waals surface area contributed by atoms with Crippen molar-refractivity contribution < 1.29 is 8.42 Å². The zero-order valence-corrected chi connectivity index (χ0v) is 8.42. The molecular weight excluding hydrogens is 208 g/mol. The summed E-state index contributed by atoms with van der Waals surface area (Å²) in [5.41, 5.74) is 1.77. The molecule has 0 radical (unpaired) electrons. The molecule has 0 atom stereocenters. The average Bonchev–Trinajstić information content (AvgIpc) is 2.04. The first kappa shape index (κ1) is 10.3. The van der Waals surface area contributed by atoms with Gasteiger partial charge in [0.05, 0.1) is 5.75 Å². The Morgan fingerprint density at radius 1 is 1.23 bits per heavy atom. The third kappa shape index (κ3) is 3.61. The van der Waals surface area contributed by atoms with Crippen LogP contribution in [0, 0.1) is 0 Å². The Morgan fingerprint density at radius 2 is 1.85 bits per heavy atom. The normalized spacial score (nSPS) is 12.1. The van der Waals surface area contributed by atoms with Gasteiger partial charge in [0.15, 0.2) is 9.84 Å². The molecule has 0 amide bonds. The Bertz CT molecular complexity index is 381. The second-order valence-electron chi connectivity index (χ2n) is 2.55. The topological polar surface area (TPSA) is 34.1 Å². The van der Waals surface area contributed by atoms with Crippen LogP contribution in [-0.4, -0.2) is 8.42 Å². The van der Waals surface area contributed by atoms with Crippen molar-refractivity contribution in [3.63, 3.8) is 0 Å². The Kier molecular flexibility index (Phi) is 3.51. The van der Waals surface area contributed by atoms with Gasteiger partial charge >= 0.3 is 0 Å². The quantitative estimate of drug-likeness (QED) is 0.777. The van der Waals surface area contributed by atoms with Crippen molar-refractivity contribution in [3.05, 3.63) is 46.8 Å². The summed E-state index contributed by atoms with van der Waals surface area (Å²) in [5, 5.41) is 1.00. The molecule has 1 aromatic carbocycles. The second kappa shape index (κ2) is 4.44. The first-order valence-corrected chi connectivity index (χ1v) is 5.83. The molecule has 0 aliphatic rings. The van der Waals surface area contributed by atoms with E-state index in [1.165, 1.54) is 0 Å². The molecule has 0 unspecified atom stereocenters. The third-order valence-corrected chi connectivity index (χ3v) is 3.03. The van der Waals surface area contributed by atoms with E-state index in [2.05, 4.69) is 0 Å². The number of halogens is 1. The molecule has 0 heterocycles. The van der Waals surface area contributed by atoms with Gasteiger partial charge in [-0.05, 0) is 5.56 Å². The molecule has 0 aromatic heterocycles. The van der Waals surface area contributed by atoms with Crippen LogP contribution in [0.3, 0.4) is 0 Å². The maximum absolute atomic E-state index is 11.2. The molecule has 0 fully saturated rings. The highest BCUT2D eigenvalue weighted by Crippen LogP contribution is 2.07. The first-order valence-electron chi connectivity index (χ1n) is 3.67. The molecule has 0 spiro atoms. The van der Waals surface area contributed by atoms with Crippen LogP contribution < -0.4 is 0 Å². The molecule has 0 N–H and O–H groups in total. The SMILES string of the molecule is O=S(=O)(/C=C/Cl)Cc1ccccc1. The molecule has 0 saturated carbocycles. The minimum Gasteiger partial charge on any atom is -0.224 e. The molecule has 0 bridgehead atoms. The van der Waals surface area contributed by atoms with Crippen molar-refractivity contribution in [1.82, 2.24) is 0 Å². The average molecular weight is 217 g/mol. The highest BCUT2D eigenvalue weighted by molar-refractivity contribution is 7.93. The van der Waals surface area contributed by atoms with Crippen LogP contribution in [0.4, 0.5) is 0 Å². The Labute approximate surface area is 82.8 Å². The summed E-state index contributed by atoms with van der Waals surface area (Å²) in [6.07, 6.45) is 0. The first-order chi connectivity index (χ1) is 6.14. The van der Waals surface area contributed by atoms with Gasteiger partial charge in [0.25, 0.3) is 0 Å². The van der Waals surface area contributed by atoms with Gasteiger partial charge in [-0.15, -0.1) is 0 Å². The molecule has 0 aliphatic heterocycles. The summed E-state index contributed by atoms with van der Waals surface area (Å²) in [4.78, 5) is 0. The molecule has 1 aromatic rings. The van der Waals surface area contributed by atoms with E-state index in [4.69, 9.17) is 11.6 Å². The van der Waals surface area contributed by atoms with Gasteiger partial charge in [-0.1, -0.05) is 41.9 Å². The van der Waals surface area contributed by atoms with Crippen LogP contribution in [0.25, 0.3) is 0 Å². The number of benzene rings is 1. The maximum atomic E-state index is 11.2. The Morgan fingerprint density at radius 3 is 2.38 bits per heavy atom. The van der Waals surface area contributed by atoms with Crippen molar-refractivity contribution in [2.45, 2.75) is 5.75 Å². The molecular formula is C9H9ClO2S. The molecule has 13 heavy (non-hydrogen) atoms. The fourth-order valence-electron chi connectivity index (χ4n) is 0.933. The minimum atomic E-state index is -3.20. The maximum Gasteiger partial charge on any atom is 0.176 e. The zero-order valence-electron chi connectivity index (χ0n) is 6.85. The van der Waals surface area contributed by atoms with E-state index in [1.807, 2.05) is 6.07 Å². The zero-order chi connectivity index (χ0) is 9.73. The molecule has 1 rings (SSSR count). The molecule has 4 heteroatoms. The largest absolute Gasteiger partial charge is 0.224 e. The van der Waals surface area contributed by atoms with Gasteiger partial charge in [-0.25, -0.2) is 8.42 Å². The molecule has 0 aliphatic carbocycles. The van der Waals surface area contributed by atoms with E-state index in [-0.39, 0.29) is 5.75 Å². The van der Waals surface area contributed by atoms with E-state index in [1.54, 1.807) is 24.3 Å². The van der Waals surface area contributed by atoms with Crippen LogP contribution in [0.1, 0.15) is 5.56 Å². The van der Waals surface area contributed by atoms with Gasteiger partial charge in [0.2, 0.25) is 0 Å². The van der Waals surface area contributed by atoms with E-state index in [9.17, 15) is 8.42 Å². The van der Waals surface area contributed by atoms with E-state index in [0.717, 1.165) is 16.5 Å². The molecule has 2 nitrogen and oxygen atoms in total. The summed E-state index contributed by atoms with van der Waals surface area (Å²) < 4.78 is 22.5. The Hall–Kier alpha value is -0.800. The minimum absolute atomic E-state index is 0.00292. The van der Waals surface area contributed by atoms with Gasteiger partial charge in [-0.2, -0.15) is 0 Å². The highest BCUT2D eigenvalue weighted by atomic mass is 35.5. The van der Waals surface area contributed by atoms with Gasteiger partial charge in [-0.3, -0.25) is 0 Å². The van der Waals surface area contributed by atoms with Gasteiger partial charge in [0, 0.05) is 10.9 Å². The van der Waals surface area contributed by atoms with Crippen molar-refractivity contribution in [2.75, 3.05) is 0 Å². The number of sulfone groups is 1. The number of hydrogen-bond donors (Lipinski definition) is 0. The second-order valence-corrected chi connectivity index (χ2v) is 4.69. The van der Waals surface area contributed by atoms with Gasteiger partial charge < -0.3 is 0 Å². The van der Waals surface area contributed by atoms with Crippen LogP contribution in [0.2, 0.25) is 0 Å². The number of rotatable bonds is 3. The highest BCUT2D eigenvalue weighted by Gasteiger charge is 2.06. The predicted octanol–water partition coefficient (Wildman–Crippen LogP) is 2.31. The molecule has 0 saturated heterocycles. The standard InChI is InChI=1S/C9H9ClO2S/c10-6-7-13(11,12)8-9-4-2-1-3-5-9/h1-7H,8H2/b7-6+.